The van der Waals surface area contributed by atoms with Gasteiger partial charge in [-0.15, -0.1) is 0 Å². The van der Waals surface area contributed by atoms with Gasteiger partial charge in [0.2, 0.25) is 5.91 Å². The number of benzene rings is 1. The highest BCUT2D eigenvalue weighted by molar-refractivity contribution is 5.98. The van der Waals surface area contributed by atoms with Crippen molar-refractivity contribution in [2.24, 2.45) is 11.3 Å². The number of amides is 2. The van der Waals surface area contributed by atoms with Gasteiger partial charge >= 0.3 is 5.97 Å². The molecule has 0 bridgehead atoms. The Bertz CT molecular complexity index is 605. The van der Waals surface area contributed by atoms with Gasteiger partial charge in [-0.1, -0.05) is 0 Å². The Hall–Kier alpha value is -2.37. The first kappa shape index (κ1) is 13.6. The van der Waals surface area contributed by atoms with Crippen LogP contribution >= 0.6 is 0 Å². The van der Waals surface area contributed by atoms with Crippen molar-refractivity contribution in [2.75, 3.05) is 11.9 Å². The van der Waals surface area contributed by atoms with Gasteiger partial charge in [-0.25, -0.2) is 0 Å². The number of rotatable bonds is 5. The number of nitrogens with one attached hydrogen (secondary N) is 2. The molecule has 1 aromatic rings. The topological polar surface area (TPSA) is 95.5 Å². The minimum atomic E-state index is -1.09. The molecule has 0 aromatic heterocycles. The Morgan fingerprint density at radius 3 is 2.38 bits per heavy atom. The first-order chi connectivity index (χ1) is 10.00. The summed E-state index contributed by atoms with van der Waals surface area (Å²) in [6, 6.07) is 6.42. The zero-order valence-electron chi connectivity index (χ0n) is 11.4. The maximum Gasteiger partial charge on any atom is 0.322 e. The number of carboxylic acid groups (broad SMARTS) is 1. The standard InChI is InChI=1S/C15H16N2O4/c18-12(19)8-16-13(20)9-1-3-10(4-2-9)17-14(21)11-7-15(11)5-6-15/h1-4,11H,5-8H2,(H,16,20)(H,17,21)(H,18,19). The largest absolute Gasteiger partial charge is 0.480 e. The van der Waals surface area contributed by atoms with E-state index < -0.39 is 18.4 Å². The Kier molecular flexibility index (Phi) is 3.16. The van der Waals surface area contributed by atoms with Gasteiger partial charge in [0.25, 0.3) is 5.91 Å². The molecule has 0 aliphatic heterocycles. The van der Waals surface area contributed by atoms with Gasteiger partial charge < -0.3 is 15.7 Å². The zero-order chi connectivity index (χ0) is 15.0. The summed E-state index contributed by atoms with van der Waals surface area (Å²) in [5.74, 6) is -1.34. The highest BCUT2D eigenvalue weighted by Crippen LogP contribution is 2.70. The summed E-state index contributed by atoms with van der Waals surface area (Å²) in [5.41, 5.74) is 1.33. The maximum absolute atomic E-state index is 12.0. The van der Waals surface area contributed by atoms with Crippen LogP contribution in [-0.2, 0) is 9.59 Å². The summed E-state index contributed by atoms with van der Waals surface area (Å²) in [6.07, 6.45) is 3.32. The van der Waals surface area contributed by atoms with Crippen LogP contribution in [0.5, 0.6) is 0 Å². The Labute approximate surface area is 121 Å². The van der Waals surface area contributed by atoms with E-state index in [9.17, 15) is 14.4 Å². The fourth-order valence-corrected chi connectivity index (χ4v) is 2.62. The van der Waals surface area contributed by atoms with Crippen LogP contribution in [0.4, 0.5) is 5.69 Å². The lowest BCUT2D eigenvalue weighted by molar-refractivity contribution is -0.135. The summed E-state index contributed by atoms with van der Waals surface area (Å²) < 4.78 is 0. The summed E-state index contributed by atoms with van der Waals surface area (Å²) in [5, 5.41) is 13.6. The molecule has 1 aromatic carbocycles. The van der Waals surface area contributed by atoms with Gasteiger partial charge in [0.05, 0.1) is 0 Å². The van der Waals surface area contributed by atoms with Crippen molar-refractivity contribution in [3.63, 3.8) is 0 Å². The second-order valence-corrected chi connectivity index (χ2v) is 5.76. The third kappa shape index (κ3) is 2.89. The van der Waals surface area contributed by atoms with E-state index in [1.165, 1.54) is 0 Å². The molecular weight excluding hydrogens is 272 g/mol. The van der Waals surface area contributed by atoms with Crippen molar-refractivity contribution in [1.82, 2.24) is 5.32 Å². The van der Waals surface area contributed by atoms with Crippen molar-refractivity contribution in [3.05, 3.63) is 29.8 Å². The number of carbonyl (C=O) groups is 3. The molecule has 2 saturated carbocycles. The predicted molar refractivity (Wildman–Crippen MR) is 74.8 cm³/mol. The van der Waals surface area contributed by atoms with Gasteiger partial charge in [0.15, 0.2) is 0 Å². The molecule has 2 aliphatic rings. The molecule has 3 N–H and O–H groups in total. The first-order valence-electron chi connectivity index (χ1n) is 6.91. The molecule has 3 rings (SSSR count). The molecule has 1 spiro atoms. The van der Waals surface area contributed by atoms with Crippen LogP contribution in [0.15, 0.2) is 24.3 Å². The SMILES string of the molecule is O=C(O)CNC(=O)c1ccc(NC(=O)C2CC23CC3)cc1. The number of anilines is 1. The van der Waals surface area contributed by atoms with E-state index in [2.05, 4.69) is 10.6 Å². The van der Waals surface area contributed by atoms with Crippen LogP contribution in [0.25, 0.3) is 0 Å². The minimum Gasteiger partial charge on any atom is -0.480 e. The Balaban J connectivity index is 1.55. The average Bonchev–Trinajstić information content (AvgIpc) is 3.37. The van der Waals surface area contributed by atoms with Crippen molar-refractivity contribution in [2.45, 2.75) is 19.3 Å². The molecule has 21 heavy (non-hydrogen) atoms. The number of carbonyl (C=O) groups excluding carboxylic acids is 2. The minimum absolute atomic E-state index is 0.0515. The molecule has 1 atom stereocenters. The number of hydrogen-bond donors (Lipinski definition) is 3. The smallest absolute Gasteiger partial charge is 0.322 e. The van der Waals surface area contributed by atoms with E-state index in [4.69, 9.17) is 5.11 Å². The molecule has 0 heterocycles. The lowest BCUT2D eigenvalue weighted by Crippen LogP contribution is -2.29. The fourth-order valence-electron chi connectivity index (χ4n) is 2.62. The third-order valence-electron chi connectivity index (χ3n) is 4.21. The normalized spacial score (nSPS) is 20.7. The van der Waals surface area contributed by atoms with Crippen LogP contribution in [-0.4, -0.2) is 29.4 Å². The third-order valence-corrected chi connectivity index (χ3v) is 4.21. The van der Waals surface area contributed by atoms with E-state index in [0.29, 0.717) is 16.7 Å². The van der Waals surface area contributed by atoms with Crippen LogP contribution in [0.1, 0.15) is 29.6 Å². The van der Waals surface area contributed by atoms with E-state index in [1.54, 1.807) is 24.3 Å². The fraction of sp³-hybridized carbons (Fsp3) is 0.400. The van der Waals surface area contributed by atoms with E-state index in [0.717, 1.165) is 19.3 Å². The molecule has 110 valence electrons. The first-order valence-corrected chi connectivity index (χ1v) is 6.91. The molecule has 2 fully saturated rings. The second-order valence-electron chi connectivity index (χ2n) is 5.76. The van der Waals surface area contributed by atoms with Crippen LogP contribution in [0, 0.1) is 11.3 Å². The van der Waals surface area contributed by atoms with Crippen LogP contribution in [0.2, 0.25) is 0 Å². The van der Waals surface area contributed by atoms with Gasteiger partial charge in [0.1, 0.15) is 6.54 Å². The van der Waals surface area contributed by atoms with Crippen molar-refractivity contribution in [1.29, 1.82) is 0 Å². The summed E-state index contributed by atoms with van der Waals surface area (Å²) in [7, 11) is 0. The van der Waals surface area contributed by atoms with Crippen LogP contribution < -0.4 is 10.6 Å². The molecule has 1 unspecified atom stereocenters. The van der Waals surface area contributed by atoms with Gasteiger partial charge in [-0.2, -0.15) is 0 Å². The highest BCUT2D eigenvalue weighted by Gasteiger charge is 2.65. The lowest BCUT2D eigenvalue weighted by atomic mass is 10.2. The Morgan fingerprint density at radius 2 is 1.86 bits per heavy atom. The number of hydrogen-bond acceptors (Lipinski definition) is 3. The van der Waals surface area contributed by atoms with Crippen LogP contribution in [0.3, 0.4) is 0 Å². The number of carboxylic acids is 1. The quantitative estimate of drug-likeness (QED) is 0.759. The number of aliphatic carboxylic acids is 1. The van der Waals surface area contributed by atoms with Gasteiger partial charge in [-0.05, 0) is 48.9 Å². The summed E-state index contributed by atoms with van der Waals surface area (Å²) >= 11 is 0. The molecule has 0 saturated heterocycles. The lowest BCUT2D eigenvalue weighted by Gasteiger charge is -2.06. The van der Waals surface area contributed by atoms with Crippen molar-refractivity contribution < 1.29 is 19.5 Å². The van der Waals surface area contributed by atoms with E-state index in [-0.39, 0.29) is 11.8 Å². The highest BCUT2D eigenvalue weighted by atomic mass is 16.4. The molecular formula is C15H16N2O4. The summed E-state index contributed by atoms with van der Waals surface area (Å²) in [4.78, 5) is 34.0. The van der Waals surface area contributed by atoms with Gasteiger partial charge in [-0.3, -0.25) is 14.4 Å². The second kappa shape index (κ2) is 4.87. The zero-order valence-corrected chi connectivity index (χ0v) is 11.4. The molecule has 6 heteroatoms. The maximum atomic E-state index is 12.0. The van der Waals surface area contributed by atoms with Crippen molar-refractivity contribution in [3.8, 4) is 0 Å². The van der Waals surface area contributed by atoms with Crippen molar-refractivity contribution >= 4 is 23.5 Å². The van der Waals surface area contributed by atoms with E-state index in [1.807, 2.05) is 0 Å². The molecule has 6 nitrogen and oxygen atoms in total. The average molecular weight is 288 g/mol. The molecule has 2 aliphatic carbocycles. The molecule has 0 radical (unpaired) electrons. The van der Waals surface area contributed by atoms with E-state index >= 15 is 0 Å². The monoisotopic (exact) mass is 288 g/mol. The molecule has 2 amide bonds. The summed E-state index contributed by atoms with van der Waals surface area (Å²) in [6.45, 7) is -0.416. The Morgan fingerprint density at radius 1 is 1.19 bits per heavy atom. The van der Waals surface area contributed by atoms with Gasteiger partial charge in [0, 0.05) is 17.2 Å². The predicted octanol–water partition coefficient (Wildman–Crippen LogP) is 1.24.